The van der Waals surface area contributed by atoms with Crippen molar-refractivity contribution in [3.8, 4) is 0 Å². The van der Waals surface area contributed by atoms with Gasteiger partial charge in [-0.1, -0.05) is 24.3 Å². The molecule has 0 saturated heterocycles. The zero-order valence-corrected chi connectivity index (χ0v) is 12.4. The van der Waals surface area contributed by atoms with Crippen LogP contribution < -0.4 is 10.6 Å². The predicted octanol–water partition coefficient (Wildman–Crippen LogP) is 2.17. The minimum absolute atomic E-state index is 0.0487. The smallest absolute Gasteiger partial charge is 0.220 e. The van der Waals surface area contributed by atoms with Crippen LogP contribution in [0.25, 0.3) is 0 Å². The number of nitrogens with one attached hydrogen (secondary N) is 2. The van der Waals surface area contributed by atoms with Crippen LogP contribution in [-0.4, -0.2) is 18.7 Å². The molecule has 1 rings (SSSR count). The predicted molar refractivity (Wildman–Crippen MR) is 80.2 cm³/mol. The van der Waals surface area contributed by atoms with Gasteiger partial charge in [0, 0.05) is 25.9 Å². The van der Waals surface area contributed by atoms with Gasteiger partial charge in [-0.3, -0.25) is 4.79 Å². The fourth-order valence-corrected chi connectivity index (χ4v) is 2.00. The minimum Gasteiger partial charge on any atom is -0.352 e. The first kappa shape index (κ1) is 16.4. The van der Waals surface area contributed by atoms with Crippen molar-refractivity contribution in [1.29, 1.82) is 0 Å². The van der Waals surface area contributed by atoms with Crippen molar-refractivity contribution in [2.24, 2.45) is 0 Å². The molecule has 0 fully saturated rings. The molecule has 4 heteroatoms. The molecule has 0 aromatic heterocycles. The second kappa shape index (κ2) is 9.26. The summed E-state index contributed by atoms with van der Waals surface area (Å²) >= 11 is 0. The third-order valence-corrected chi connectivity index (χ3v) is 3.04. The van der Waals surface area contributed by atoms with Crippen molar-refractivity contribution >= 4 is 11.7 Å². The van der Waals surface area contributed by atoms with Crippen LogP contribution in [0.1, 0.15) is 43.7 Å². The van der Waals surface area contributed by atoms with Gasteiger partial charge in [-0.05, 0) is 37.9 Å². The number of carbonyl (C=O) groups excluding carboxylic acids is 2. The highest BCUT2D eigenvalue weighted by molar-refractivity contribution is 5.76. The first-order valence-corrected chi connectivity index (χ1v) is 7.10. The molecule has 110 valence electrons. The maximum atomic E-state index is 11.7. The van der Waals surface area contributed by atoms with Gasteiger partial charge < -0.3 is 15.4 Å². The third-order valence-electron chi connectivity index (χ3n) is 3.04. The number of carbonyl (C=O) groups is 2. The Morgan fingerprint density at radius 1 is 1.05 bits per heavy atom. The second-order valence-corrected chi connectivity index (χ2v) is 5.04. The van der Waals surface area contributed by atoms with Gasteiger partial charge in [0.05, 0.1) is 0 Å². The van der Waals surface area contributed by atoms with Crippen LogP contribution in [0.5, 0.6) is 0 Å². The Labute approximate surface area is 121 Å². The summed E-state index contributed by atoms with van der Waals surface area (Å²) in [5.74, 6) is 0.235. The third kappa shape index (κ3) is 7.04. The first-order valence-electron chi connectivity index (χ1n) is 7.10. The molecule has 0 radical (unpaired) electrons. The van der Waals surface area contributed by atoms with E-state index in [1.54, 1.807) is 6.92 Å². The number of hydrogen-bond donors (Lipinski definition) is 2. The average molecular weight is 276 g/mol. The zero-order valence-electron chi connectivity index (χ0n) is 12.4. The van der Waals surface area contributed by atoms with Crippen LogP contribution in [-0.2, 0) is 22.7 Å². The Morgan fingerprint density at radius 3 is 2.35 bits per heavy atom. The van der Waals surface area contributed by atoms with Crippen molar-refractivity contribution in [2.45, 2.75) is 45.7 Å². The van der Waals surface area contributed by atoms with E-state index < -0.39 is 0 Å². The van der Waals surface area contributed by atoms with Crippen LogP contribution in [0.15, 0.2) is 24.3 Å². The average Bonchev–Trinajstić information content (AvgIpc) is 2.42. The first-order chi connectivity index (χ1) is 9.61. The molecule has 0 unspecified atom stereocenters. The Hall–Kier alpha value is -1.68. The number of ketones is 1. The number of unbranched alkanes of at least 4 members (excludes halogenated alkanes) is 1. The lowest BCUT2D eigenvalue weighted by molar-refractivity contribution is -0.122. The molecule has 2 N–H and O–H groups in total. The van der Waals surface area contributed by atoms with Crippen LogP contribution in [0.4, 0.5) is 0 Å². The maximum Gasteiger partial charge on any atom is 0.220 e. The Balaban J connectivity index is 2.26. The monoisotopic (exact) mass is 276 g/mol. The summed E-state index contributed by atoms with van der Waals surface area (Å²) in [5.41, 5.74) is 2.32. The van der Waals surface area contributed by atoms with E-state index in [4.69, 9.17) is 0 Å². The second-order valence-electron chi connectivity index (χ2n) is 5.04. The van der Waals surface area contributed by atoms with Crippen molar-refractivity contribution < 1.29 is 9.59 Å². The number of Topliss-reactive ketones (excluding diaryl/α,β-unsaturated/α-hetero) is 1. The van der Waals surface area contributed by atoms with Crippen LogP contribution in [0.2, 0.25) is 0 Å². The molecule has 20 heavy (non-hydrogen) atoms. The quantitative estimate of drug-likeness (QED) is 0.680. The zero-order chi connectivity index (χ0) is 14.8. The highest BCUT2D eigenvalue weighted by Gasteiger charge is 2.02. The molecule has 0 aliphatic heterocycles. The highest BCUT2D eigenvalue weighted by atomic mass is 16.1. The normalized spacial score (nSPS) is 10.3. The molecule has 1 amide bonds. The van der Waals surface area contributed by atoms with Crippen molar-refractivity contribution in [3.05, 3.63) is 35.4 Å². The Morgan fingerprint density at radius 2 is 1.70 bits per heavy atom. The molecule has 0 spiro atoms. The van der Waals surface area contributed by atoms with E-state index in [-0.39, 0.29) is 11.7 Å². The van der Waals surface area contributed by atoms with E-state index in [2.05, 4.69) is 22.8 Å². The molecule has 0 bridgehead atoms. The number of rotatable bonds is 9. The van der Waals surface area contributed by atoms with E-state index in [1.807, 2.05) is 19.2 Å². The van der Waals surface area contributed by atoms with E-state index >= 15 is 0 Å². The van der Waals surface area contributed by atoms with Gasteiger partial charge in [-0.15, -0.1) is 0 Å². The van der Waals surface area contributed by atoms with Crippen LogP contribution >= 0.6 is 0 Å². The lowest BCUT2D eigenvalue weighted by Gasteiger charge is -2.07. The largest absolute Gasteiger partial charge is 0.352 e. The summed E-state index contributed by atoms with van der Waals surface area (Å²) in [6.45, 7) is 2.97. The fraction of sp³-hybridized carbons (Fsp3) is 0.500. The van der Waals surface area contributed by atoms with E-state index in [9.17, 15) is 9.59 Å². The molecule has 0 aliphatic rings. The van der Waals surface area contributed by atoms with E-state index in [0.29, 0.717) is 19.4 Å². The fourth-order valence-electron chi connectivity index (χ4n) is 2.00. The van der Waals surface area contributed by atoms with E-state index in [1.165, 1.54) is 5.56 Å². The number of amides is 1. The molecule has 1 aromatic rings. The number of hydrogen-bond acceptors (Lipinski definition) is 3. The summed E-state index contributed by atoms with van der Waals surface area (Å²) < 4.78 is 0. The van der Waals surface area contributed by atoms with Crippen molar-refractivity contribution in [2.75, 3.05) is 7.05 Å². The highest BCUT2D eigenvalue weighted by Crippen LogP contribution is 2.05. The molecule has 4 nitrogen and oxygen atoms in total. The number of benzene rings is 1. The van der Waals surface area contributed by atoms with Crippen molar-refractivity contribution in [3.63, 3.8) is 0 Å². The van der Waals surface area contributed by atoms with Gasteiger partial charge in [0.2, 0.25) is 5.91 Å². The topological polar surface area (TPSA) is 58.2 Å². The maximum absolute atomic E-state index is 11.7. The summed E-state index contributed by atoms with van der Waals surface area (Å²) in [4.78, 5) is 22.4. The molecular formula is C16H24N2O2. The van der Waals surface area contributed by atoms with Crippen molar-refractivity contribution in [1.82, 2.24) is 10.6 Å². The van der Waals surface area contributed by atoms with Gasteiger partial charge in [-0.25, -0.2) is 0 Å². The summed E-state index contributed by atoms with van der Waals surface area (Å²) in [5, 5.41) is 6.02. The van der Waals surface area contributed by atoms with E-state index in [0.717, 1.165) is 24.9 Å². The molecule has 0 aliphatic carbocycles. The molecule has 0 heterocycles. The molecular weight excluding hydrogens is 252 g/mol. The van der Waals surface area contributed by atoms with Gasteiger partial charge in [-0.2, -0.15) is 0 Å². The lowest BCUT2D eigenvalue weighted by atomic mass is 10.1. The molecule has 1 aromatic carbocycles. The lowest BCUT2D eigenvalue weighted by Crippen LogP contribution is -2.22. The van der Waals surface area contributed by atoms with Gasteiger partial charge in [0.15, 0.2) is 0 Å². The van der Waals surface area contributed by atoms with Gasteiger partial charge in [0.25, 0.3) is 0 Å². The van der Waals surface area contributed by atoms with Crippen LogP contribution in [0, 0.1) is 0 Å². The van der Waals surface area contributed by atoms with Crippen LogP contribution in [0.3, 0.4) is 0 Å². The van der Waals surface area contributed by atoms with Gasteiger partial charge >= 0.3 is 0 Å². The summed E-state index contributed by atoms with van der Waals surface area (Å²) in [7, 11) is 1.91. The van der Waals surface area contributed by atoms with Gasteiger partial charge in [0.1, 0.15) is 5.78 Å². The minimum atomic E-state index is 0.0487. The molecule has 0 atom stereocenters. The Kier molecular flexibility index (Phi) is 7.58. The SMILES string of the molecule is CNCc1cccc(CNC(=O)CCCCC(C)=O)c1. The standard InChI is InChI=1S/C16H24N2O2/c1-13(19)6-3-4-9-16(20)18-12-15-8-5-7-14(10-15)11-17-2/h5,7-8,10,17H,3-4,6,9,11-12H2,1-2H3,(H,18,20). The molecule has 0 saturated carbocycles. The summed E-state index contributed by atoms with van der Waals surface area (Å²) in [6.07, 6.45) is 2.62. The summed E-state index contributed by atoms with van der Waals surface area (Å²) in [6, 6.07) is 8.16. The Bertz CT molecular complexity index is 444.